The summed E-state index contributed by atoms with van der Waals surface area (Å²) >= 11 is 0. The molecule has 0 aromatic rings. The number of esters is 1. The summed E-state index contributed by atoms with van der Waals surface area (Å²) in [5, 5.41) is 10.8. The van der Waals surface area contributed by atoms with Crippen molar-refractivity contribution in [3.63, 3.8) is 0 Å². The van der Waals surface area contributed by atoms with Crippen molar-refractivity contribution in [3.8, 4) is 0 Å². The number of ether oxygens (including phenoxy) is 1. The maximum atomic E-state index is 12.8. The van der Waals surface area contributed by atoms with Crippen molar-refractivity contribution in [1.29, 1.82) is 0 Å². The number of aliphatic hydroxyl groups excluding tert-OH is 1. The number of carbonyl (C=O) groups excluding carboxylic acids is 1. The summed E-state index contributed by atoms with van der Waals surface area (Å²) in [6.45, 7) is 12.5. The van der Waals surface area contributed by atoms with Crippen molar-refractivity contribution in [3.05, 3.63) is 0 Å². The van der Waals surface area contributed by atoms with Crippen LogP contribution in [0.25, 0.3) is 0 Å². The summed E-state index contributed by atoms with van der Waals surface area (Å²) in [6, 6.07) is 0. The highest BCUT2D eigenvalue weighted by molar-refractivity contribution is 5.81. The van der Waals surface area contributed by atoms with Gasteiger partial charge in [0.25, 0.3) is 0 Å². The summed E-state index contributed by atoms with van der Waals surface area (Å²) in [7, 11) is 0. The van der Waals surface area contributed by atoms with E-state index in [1.807, 2.05) is 0 Å². The van der Waals surface area contributed by atoms with Gasteiger partial charge in [0.2, 0.25) is 0 Å². The highest BCUT2D eigenvalue weighted by Crippen LogP contribution is 2.77. The molecule has 5 aliphatic carbocycles. The van der Waals surface area contributed by atoms with Crippen LogP contribution in [0.3, 0.4) is 0 Å². The van der Waals surface area contributed by atoms with Crippen LogP contribution in [0.4, 0.5) is 0 Å². The Kier molecular flexibility index (Phi) is 3.79. The molecular formula is C27H42O3. The fourth-order valence-electron chi connectivity index (χ4n) is 11.3. The van der Waals surface area contributed by atoms with Gasteiger partial charge in [0, 0.05) is 5.92 Å². The molecule has 1 saturated heterocycles. The van der Waals surface area contributed by atoms with Crippen LogP contribution in [-0.4, -0.2) is 23.3 Å². The molecule has 2 bridgehead atoms. The van der Waals surface area contributed by atoms with Gasteiger partial charge in [-0.15, -0.1) is 0 Å². The number of hydrogen-bond acceptors (Lipinski definition) is 3. The van der Waals surface area contributed by atoms with Gasteiger partial charge in [0.15, 0.2) is 0 Å². The minimum absolute atomic E-state index is 0.0214. The largest absolute Gasteiger partial charge is 0.462 e. The molecule has 3 heteroatoms. The fourth-order valence-corrected chi connectivity index (χ4v) is 11.3. The summed E-state index contributed by atoms with van der Waals surface area (Å²) < 4.78 is 5.94. The van der Waals surface area contributed by atoms with E-state index in [0.717, 1.165) is 31.6 Å². The lowest BCUT2D eigenvalue weighted by molar-refractivity contribution is -0.243. The molecule has 10 atom stereocenters. The first-order valence-corrected chi connectivity index (χ1v) is 12.9. The smallest absolute Gasteiger partial charge is 0.312 e. The van der Waals surface area contributed by atoms with Gasteiger partial charge in [-0.1, -0.05) is 34.6 Å². The number of aliphatic hydroxyl groups is 1. The Hall–Kier alpha value is -0.570. The Bertz CT molecular complexity index is 789. The second-order valence-electron chi connectivity index (χ2n) is 13.7. The Morgan fingerprint density at radius 3 is 2.30 bits per heavy atom. The lowest BCUT2D eigenvalue weighted by Crippen LogP contribution is -2.66. The van der Waals surface area contributed by atoms with E-state index in [2.05, 4.69) is 34.6 Å². The fraction of sp³-hybridized carbons (Fsp3) is 0.963. The lowest BCUT2D eigenvalue weighted by Gasteiger charge is -2.72. The highest BCUT2D eigenvalue weighted by Gasteiger charge is 2.74. The van der Waals surface area contributed by atoms with E-state index in [-0.39, 0.29) is 29.0 Å². The third-order valence-electron chi connectivity index (χ3n) is 13.0. The molecule has 1 aliphatic heterocycles. The van der Waals surface area contributed by atoms with E-state index >= 15 is 0 Å². The van der Waals surface area contributed by atoms with E-state index in [1.165, 1.54) is 38.5 Å². The second-order valence-corrected chi connectivity index (χ2v) is 13.7. The van der Waals surface area contributed by atoms with Gasteiger partial charge in [-0.05, 0) is 104 Å². The molecule has 1 heterocycles. The number of fused-ring (bicyclic) bond motifs is 5. The highest BCUT2D eigenvalue weighted by atomic mass is 16.6. The topological polar surface area (TPSA) is 46.5 Å². The Balaban J connectivity index is 1.40. The minimum atomic E-state index is -0.154. The Labute approximate surface area is 182 Å². The molecule has 6 aliphatic rings. The number of carbonyl (C=O) groups is 1. The molecule has 5 saturated carbocycles. The molecule has 0 aromatic heterocycles. The van der Waals surface area contributed by atoms with Gasteiger partial charge in [-0.3, -0.25) is 4.79 Å². The van der Waals surface area contributed by atoms with Crippen LogP contribution in [0.5, 0.6) is 0 Å². The lowest BCUT2D eigenvalue weighted by atomic mass is 9.32. The van der Waals surface area contributed by atoms with Crippen molar-refractivity contribution in [2.75, 3.05) is 0 Å². The van der Waals surface area contributed by atoms with Gasteiger partial charge < -0.3 is 9.84 Å². The van der Waals surface area contributed by atoms with Crippen LogP contribution in [0.2, 0.25) is 0 Å². The molecule has 6 rings (SSSR count). The van der Waals surface area contributed by atoms with E-state index in [9.17, 15) is 9.90 Å². The van der Waals surface area contributed by atoms with Gasteiger partial charge in [-0.25, -0.2) is 0 Å². The number of hydrogen-bond donors (Lipinski definition) is 1. The zero-order chi connectivity index (χ0) is 21.3. The maximum absolute atomic E-state index is 12.8. The third-order valence-corrected chi connectivity index (χ3v) is 13.0. The van der Waals surface area contributed by atoms with Crippen molar-refractivity contribution >= 4 is 5.97 Å². The zero-order valence-corrected chi connectivity index (χ0v) is 19.8. The van der Waals surface area contributed by atoms with Crippen molar-refractivity contribution in [1.82, 2.24) is 0 Å². The Morgan fingerprint density at radius 2 is 1.57 bits per heavy atom. The zero-order valence-electron chi connectivity index (χ0n) is 19.8. The second kappa shape index (κ2) is 5.67. The van der Waals surface area contributed by atoms with E-state index in [1.54, 1.807) is 0 Å². The van der Waals surface area contributed by atoms with Crippen LogP contribution in [0, 0.1) is 50.7 Å². The standard InChI is InChI=1S/C27H42O3/c1-23(2)18-9-12-26(5)19(24(18,3)11-10-20(23)28)7-6-16-21-17-8-13-27(21,22(29)30-17)15-14-25(16,26)4/h16-21,28H,6-15H2,1-5H3. The SMILES string of the molecule is CC1(C)C(O)CCC2(C)C1CCC1(C)C2CCC2C3C4CCC3(CCC21C)C(=O)O4. The predicted octanol–water partition coefficient (Wildman–Crippen LogP) is 5.74. The first kappa shape index (κ1) is 20.1. The summed E-state index contributed by atoms with van der Waals surface area (Å²) in [5.74, 6) is 2.64. The molecule has 0 spiro atoms. The average Bonchev–Trinajstić information content (AvgIpc) is 3.18. The van der Waals surface area contributed by atoms with Crippen LogP contribution in [-0.2, 0) is 9.53 Å². The minimum Gasteiger partial charge on any atom is -0.462 e. The monoisotopic (exact) mass is 414 g/mol. The van der Waals surface area contributed by atoms with Crippen LogP contribution in [0.15, 0.2) is 0 Å². The molecule has 1 N–H and O–H groups in total. The molecule has 0 radical (unpaired) electrons. The molecule has 168 valence electrons. The molecule has 0 amide bonds. The normalized spacial score (nSPS) is 60.8. The molecule has 30 heavy (non-hydrogen) atoms. The molecular weight excluding hydrogens is 372 g/mol. The van der Waals surface area contributed by atoms with E-state index in [0.29, 0.717) is 34.0 Å². The molecule has 6 fully saturated rings. The first-order valence-electron chi connectivity index (χ1n) is 12.9. The third kappa shape index (κ3) is 1.98. The summed E-state index contributed by atoms with van der Waals surface area (Å²) in [4.78, 5) is 12.8. The van der Waals surface area contributed by atoms with Crippen molar-refractivity contribution in [2.45, 2.75) is 111 Å². The van der Waals surface area contributed by atoms with Crippen LogP contribution < -0.4 is 0 Å². The first-order chi connectivity index (χ1) is 14.0. The summed E-state index contributed by atoms with van der Waals surface area (Å²) in [6.07, 6.45) is 11.8. The Morgan fingerprint density at radius 1 is 0.800 bits per heavy atom. The van der Waals surface area contributed by atoms with Crippen molar-refractivity contribution < 1.29 is 14.6 Å². The van der Waals surface area contributed by atoms with Gasteiger partial charge >= 0.3 is 5.97 Å². The molecule has 10 unspecified atom stereocenters. The van der Waals surface area contributed by atoms with E-state index < -0.39 is 0 Å². The van der Waals surface area contributed by atoms with Crippen LogP contribution >= 0.6 is 0 Å². The molecule has 3 nitrogen and oxygen atoms in total. The average molecular weight is 415 g/mol. The summed E-state index contributed by atoms with van der Waals surface area (Å²) in [5.41, 5.74) is 0.879. The molecule has 0 aromatic carbocycles. The quantitative estimate of drug-likeness (QED) is 0.514. The van der Waals surface area contributed by atoms with Gasteiger partial charge in [0.1, 0.15) is 6.10 Å². The van der Waals surface area contributed by atoms with Crippen molar-refractivity contribution in [2.24, 2.45) is 50.7 Å². The predicted molar refractivity (Wildman–Crippen MR) is 117 cm³/mol. The maximum Gasteiger partial charge on any atom is 0.312 e. The van der Waals surface area contributed by atoms with Gasteiger partial charge in [0.05, 0.1) is 11.5 Å². The number of rotatable bonds is 0. The van der Waals surface area contributed by atoms with Gasteiger partial charge in [-0.2, -0.15) is 0 Å². The van der Waals surface area contributed by atoms with E-state index in [4.69, 9.17) is 4.74 Å². The van der Waals surface area contributed by atoms with Crippen LogP contribution in [0.1, 0.15) is 98.8 Å².